The average molecular weight is 483 g/mol. The van der Waals surface area contributed by atoms with Gasteiger partial charge in [-0.1, -0.05) is 29.8 Å². The van der Waals surface area contributed by atoms with Gasteiger partial charge >= 0.3 is 6.03 Å². The highest BCUT2D eigenvalue weighted by atomic mass is 35.5. The van der Waals surface area contributed by atoms with Gasteiger partial charge in [-0.3, -0.25) is 9.59 Å². The van der Waals surface area contributed by atoms with E-state index in [9.17, 15) is 14.4 Å². The van der Waals surface area contributed by atoms with Crippen LogP contribution in [0.1, 0.15) is 38.4 Å². The van der Waals surface area contributed by atoms with E-state index in [1.54, 1.807) is 35.2 Å². The van der Waals surface area contributed by atoms with Gasteiger partial charge in [0.15, 0.2) is 0 Å². The maximum atomic E-state index is 12.7. The van der Waals surface area contributed by atoms with Crippen LogP contribution < -0.4 is 16.0 Å². The molecule has 2 aromatic carbocycles. The molecule has 0 bridgehead atoms. The van der Waals surface area contributed by atoms with Crippen LogP contribution >= 0.6 is 22.9 Å². The number of likely N-dealkylation sites (tertiary alicyclic amines) is 1. The molecule has 1 aromatic heterocycles. The van der Waals surface area contributed by atoms with Crippen LogP contribution in [-0.4, -0.2) is 35.8 Å². The molecular weight excluding hydrogens is 460 g/mol. The summed E-state index contributed by atoms with van der Waals surface area (Å²) in [5.41, 5.74) is 2.28. The minimum atomic E-state index is -0.301. The van der Waals surface area contributed by atoms with Gasteiger partial charge in [0.1, 0.15) is 0 Å². The molecule has 33 heavy (non-hydrogen) atoms. The van der Waals surface area contributed by atoms with Crippen molar-refractivity contribution in [1.29, 1.82) is 0 Å². The summed E-state index contributed by atoms with van der Waals surface area (Å²) in [6.07, 6.45) is 2.06. The minimum absolute atomic E-state index is 0.105. The fraction of sp³-hybridized carbons (Fsp3) is 0.208. The molecule has 4 amide bonds. The van der Waals surface area contributed by atoms with Gasteiger partial charge in [-0.25, -0.2) is 4.79 Å². The van der Waals surface area contributed by atoms with Crippen LogP contribution in [0.4, 0.5) is 16.2 Å². The summed E-state index contributed by atoms with van der Waals surface area (Å²) in [4.78, 5) is 39.7. The smallest absolute Gasteiger partial charge is 0.321 e. The number of hydrogen-bond donors (Lipinski definition) is 3. The van der Waals surface area contributed by atoms with E-state index in [4.69, 9.17) is 11.6 Å². The van der Waals surface area contributed by atoms with Crippen LogP contribution in [0.25, 0.3) is 0 Å². The van der Waals surface area contributed by atoms with E-state index in [2.05, 4.69) is 16.0 Å². The third-order valence-electron chi connectivity index (χ3n) is 5.25. The Kier molecular flexibility index (Phi) is 7.26. The number of amides is 4. The van der Waals surface area contributed by atoms with Crippen molar-refractivity contribution in [2.24, 2.45) is 0 Å². The molecule has 1 aliphatic rings. The van der Waals surface area contributed by atoms with Gasteiger partial charge in [0.2, 0.25) is 0 Å². The summed E-state index contributed by atoms with van der Waals surface area (Å²) >= 11 is 7.53. The van der Waals surface area contributed by atoms with Crippen LogP contribution in [0.5, 0.6) is 0 Å². The van der Waals surface area contributed by atoms with Crippen LogP contribution in [0.3, 0.4) is 0 Å². The van der Waals surface area contributed by atoms with E-state index in [1.165, 1.54) is 11.3 Å². The first kappa shape index (κ1) is 22.8. The van der Waals surface area contributed by atoms with Crippen molar-refractivity contribution in [3.05, 3.63) is 81.0 Å². The Labute approximate surface area is 200 Å². The quantitative estimate of drug-likeness (QED) is 0.450. The lowest BCUT2D eigenvalue weighted by Gasteiger charge is -2.16. The zero-order chi connectivity index (χ0) is 23.2. The molecule has 3 N–H and O–H groups in total. The molecule has 0 radical (unpaired) electrons. The number of nitrogens with zero attached hydrogens (tertiary/aromatic N) is 1. The third-order valence-corrected chi connectivity index (χ3v) is 6.44. The first-order valence-electron chi connectivity index (χ1n) is 10.6. The molecule has 0 unspecified atom stereocenters. The molecule has 0 saturated carbocycles. The Morgan fingerprint density at radius 3 is 2.52 bits per heavy atom. The number of carbonyl (C=O) groups is 3. The molecule has 2 heterocycles. The van der Waals surface area contributed by atoms with Crippen molar-refractivity contribution in [2.45, 2.75) is 19.4 Å². The van der Waals surface area contributed by atoms with Crippen molar-refractivity contribution in [2.75, 3.05) is 23.7 Å². The fourth-order valence-corrected chi connectivity index (χ4v) is 4.30. The van der Waals surface area contributed by atoms with E-state index in [0.29, 0.717) is 26.8 Å². The first-order chi connectivity index (χ1) is 16.0. The monoisotopic (exact) mass is 482 g/mol. The molecule has 9 heteroatoms. The highest BCUT2D eigenvalue weighted by molar-refractivity contribution is 7.12. The lowest BCUT2D eigenvalue weighted by molar-refractivity contribution is 0.0949. The maximum absolute atomic E-state index is 12.7. The van der Waals surface area contributed by atoms with Crippen molar-refractivity contribution in [3.63, 3.8) is 0 Å². The number of thiophene rings is 1. The number of anilines is 2. The van der Waals surface area contributed by atoms with Gasteiger partial charge < -0.3 is 20.9 Å². The molecule has 0 aliphatic carbocycles. The number of rotatable bonds is 6. The SMILES string of the molecule is O=C(NCc1cccc(NC(=O)N2CCCC2)c1)c1ccc(Cl)c(NC(=O)c2cccs2)c1. The first-order valence-corrected chi connectivity index (χ1v) is 11.8. The van der Waals surface area contributed by atoms with Gasteiger partial charge in [0, 0.05) is 30.9 Å². The summed E-state index contributed by atoms with van der Waals surface area (Å²) in [5, 5.41) is 10.7. The van der Waals surface area contributed by atoms with Gasteiger partial charge in [-0.2, -0.15) is 0 Å². The normalized spacial score (nSPS) is 12.9. The molecule has 1 aliphatic heterocycles. The summed E-state index contributed by atoms with van der Waals surface area (Å²) in [6, 6.07) is 15.5. The Morgan fingerprint density at radius 2 is 1.76 bits per heavy atom. The van der Waals surface area contributed by atoms with Crippen molar-refractivity contribution >= 4 is 52.2 Å². The van der Waals surface area contributed by atoms with Gasteiger partial charge in [-0.05, 0) is 60.2 Å². The average Bonchev–Trinajstić information content (AvgIpc) is 3.54. The summed E-state index contributed by atoms with van der Waals surface area (Å²) in [5.74, 6) is -0.581. The summed E-state index contributed by atoms with van der Waals surface area (Å²) in [6.45, 7) is 1.84. The summed E-state index contributed by atoms with van der Waals surface area (Å²) in [7, 11) is 0. The number of nitrogens with one attached hydrogen (secondary N) is 3. The third kappa shape index (κ3) is 5.91. The standard InChI is InChI=1S/C24H23ClN4O3S/c25-19-9-8-17(14-20(19)28-23(31)21-7-4-12-33-21)22(30)26-15-16-5-3-6-18(13-16)27-24(32)29-10-1-2-11-29/h3-9,12-14H,1-2,10-11,15H2,(H,26,30)(H,27,32)(H,28,31). The molecule has 3 aromatic rings. The minimum Gasteiger partial charge on any atom is -0.348 e. The van der Waals surface area contributed by atoms with E-state index in [0.717, 1.165) is 31.5 Å². The Morgan fingerprint density at radius 1 is 0.939 bits per heavy atom. The predicted octanol–water partition coefficient (Wildman–Crippen LogP) is 5.21. The van der Waals surface area contributed by atoms with Gasteiger partial charge in [-0.15, -0.1) is 11.3 Å². The van der Waals surface area contributed by atoms with E-state index < -0.39 is 0 Å². The Balaban J connectivity index is 1.36. The van der Waals surface area contributed by atoms with E-state index >= 15 is 0 Å². The zero-order valence-corrected chi connectivity index (χ0v) is 19.3. The lowest BCUT2D eigenvalue weighted by Crippen LogP contribution is -2.32. The molecule has 0 spiro atoms. The second-order valence-corrected chi connectivity index (χ2v) is 8.99. The molecule has 7 nitrogen and oxygen atoms in total. The number of halogens is 1. The largest absolute Gasteiger partial charge is 0.348 e. The van der Waals surface area contributed by atoms with E-state index in [1.807, 2.05) is 29.6 Å². The molecule has 0 atom stereocenters. The number of benzene rings is 2. The van der Waals surface area contributed by atoms with Crippen LogP contribution in [0, 0.1) is 0 Å². The number of urea groups is 1. The van der Waals surface area contributed by atoms with Crippen LogP contribution in [-0.2, 0) is 6.54 Å². The zero-order valence-electron chi connectivity index (χ0n) is 17.8. The fourth-order valence-electron chi connectivity index (χ4n) is 3.52. The Bertz CT molecular complexity index is 1160. The Hall–Kier alpha value is -3.36. The van der Waals surface area contributed by atoms with Gasteiger partial charge in [0.25, 0.3) is 11.8 Å². The van der Waals surface area contributed by atoms with Crippen LogP contribution in [0.2, 0.25) is 5.02 Å². The topological polar surface area (TPSA) is 90.5 Å². The molecule has 4 rings (SSSR count). The number of hydrogen-bond acceptors (Lipinski definition) is 4. The summed E-state index contributed by atoms with van der Waals surface area (Å²) < 4.78 is 0. The highest BCUT2D eigenvalue weighted by Gasteiger charge is 2.18. The van der Waals surface area contributed by atoms with Crippen molar-refractivity contribution < 1.29 is 14.4 Å². The highest BCUT2D eigenvalue weighted by Crippen LogP contribution is 2.24. The molecule has 1 saturated heterocycles. The predicted molar refractivity (Wildman–Crippen MR) is 131 cm³/mol. The second-order valence-electron chi connectivity index (χ2n) is 7.63. The van der Waals surface area contributed by atoms with E-state index in [-0.39, 0.29) is 24.4 Å². The van der Waals surface area contributed by atoms with Crippen molar-refractivity contribution in [3.8, 4) is 0 Å². The molecular formula is C24H23ClN4O3S. The second kappa shape index (κ2) is 10.5. The van der Waals surface area contributed by atoms with Crippen LogP contribution in [0.15, 0.2) is 60.0 Å². The maximum Gasteiger partial charge on any atom is 0.321 e. The lowest BCUT2D eigenvalue weighted by atomic mass is 10.1. The molecule has 170 valence electrons. The molecule has 1 fully saturated rings. The number of carbonyl (C=O) groups excluding carboxylic acids is 3. The van der Waals surface area contributed by atoms with Crippen molar-refractivity contribution in [1.82, 2.24) is 10.2 Å². The van der Waals surface area contributed by atoms with Gasteiger partial charge in [0.05, 0.1) is 15.6 Å².